The Morgan fingerprint density at radius 3 is 2.38 bits per heavy atom. The van der Waals surface area contributed by atoms with Crippen LogP contribution in [0, 0.1) is 0 Å². The Morgan fingerprint density at radius 1 is 1.29 bits per heavy atom. The van der Waals surface area contributed by atoms with Crippen molar-refractivity contribution in [3.63, 3.8) is 0 Å². The van der Waals surface area contributed by atoms with Crippen LogP contribution >= 0.6 is 0 Å². The SMILES string of the molecule is CCOC(=O)N1CCC(NC2CC(C)(C)OC2(C)C)CC1. The first-order valence-electron chi connectivity index (χ1n) is 8.11. The number of nitrogens with zero attached hydrogens (tertiary/aromatic N) is 1. The third kappa shape index (κ3) is 4.10. The Hall–Kier alpha value is -0.810. The van der Waals surface area contributed by atoms with Gasteiger partial charge in [0, 0.05) is 25.2 Å². The smallest absolute Gasteiger partial charge is 0.409 e. The van der Waals surface area contributed by atoms with Crippen LogP contribution in [0.15, 0.2) is 0 Å². The van der Waals surface area contributed by atoms with E-state index in [0.717, 1.165) is 32.4 Å². The number of carbonyl (C=O) groups excluding carboxylic acids is 1. The van der Waals surface area contributed by atoms with Crippen LogP contribution in [0.3, 0.4) is 0 Å². The first-order chi connectivity index (χ1) is 9.73. The standard InChI is InChI=1S/C16H30N2O3/c1-6-20-14(19)18-9-7-12(8-10-18)17-13-11-15(2,3)21-16(13,4)5/h12-13,17H,6-11H2,1-5H3. The highest BCUT2D eigenvalue weighted by molar-refractivity contribution is 5.67. The summed E-state index contributed by atoms with van der Waals surface area (Å²) >= 11 is 0. The van der Waals surface area contributed by atoms with E-state index in [2.05, 4.69) is 33.0 Å². The van der Waals surface area contributed by atoms with Crippen LogP contribution in [-0.2, 0) is 9.47 Å². The van der Waals surface area contributed by atoms with Gasteiger partial charge in [-0.3, -0.25) is 0 Å². The summed E-state index contributed by atoms with van der Waals surface area (Å²) in [6.07, 6.45) is 2.80. The number of likely N-dealkylation sites (tertiary alicyclic amines) is 1. The number of hydrogen-bond acceptors (Lipinski definition) is 4. The monoisotopic (exact) mass is 298 g/mol. The predicted molar refractivity (Wildman–Crippen MR) is 82.4 cm³/mol. The molecule has 0 aliphatic carbocycles. The van der Waals surface area contributed by atoms with Crippen molar-refractivity contribution in [2.24, 2.45) is 0 Å². The van der Waals surface area contributed by atoms with Crippen molar-refractivity contribution in [3.05, 3.63) is 0 Å². The molecule has 1 amide bonds. The van der Waals surface area contributed by atoms with E-state index in [1.54, 1.807) is 0 Å². The summed E-state index contributed by atoms with van der Waals surface area (Å²) in [4.78, 5) is 13.5. The minimum Gasteiger partial charge on any atom is -0.450 e. The van der Waals surface area contributed by atoms with E-state index < -0.39 is 0 Å². The number of hydrogen-bond donors (Lipinski definition) is 1. The van der Waals surface area contributed by atoms with Crippen molar-refractivity contribution in [1.82, 2.24) is 10.2 Å². The van der Waals surface area contributed by atoms with E-state index in [4.69, 9.17) is 9.47 Å². The molecular weight excluding hydrogens is 268 g/mol. The molecular formula is C16H30N2O3. The molecule has 0 aromatic rings. The van der Waals surface area contributed by atoms with Gasteiger partial charge in [0.25, 0.3) is 0 Å². The molecule has 2 saturated heterocycles. The molecule has 0 aromatic carbocycles. The lowest BCUT2D eigenvalue weighted by Gasteiger charge is -2.36. The number of ether oxygens (including phenoxy) is 2. The third-order valence-electron chi connectivity index (χ3n) is 4.53. The highest BCUT2D eigenvalue weighted by Gasteiger charge is 2.46. The average Bonchev–Trinajstić information content (AvgIpc) is 2.58. The molecule has 2 aliphatic rings. The quantitative estimate of drug-likeness (QED) is 0.870. The molecule has 5 heteroatoms. The van der Waals surface area contributed by atoms with E-state index in [1.165, 1.54) is 0 Å². The number of rotatable bonds is 3. The molecule has 122 valence electrons. The van der Waals surface area contributed by atoms with Gasteiger partial charge in [-0.25, -0.2) is 4.79 Å². The number of amides is 1. The van der Waals surface area contributed by atoms with Gasteiger partial charge in [-0.15, -0.1) is 0 Å². The maximum absolute atomic E-state index is 11.7. The Kier molecular flexibility index (Phi) is 4.83. The summed E-state index contributed by atoms with van der Waals surface area (Å²) in [5, 5.41) is 3.75. The van der Waals surface area contributed by atoms with Crippen molar-refractivity contribution in [2.75, 3.05) is 19.7 Å². The van der Waals surface area contributed by atoms with Gasteiger partial charge in [0.1, 0.15) is 0 Å². The summed E-state index contributed by atoms with van der Waals surface area (Å²) in [7, 11) is 0. The molecule has 2 aliphatic heterocycles. The van der Waals surface area contributed by atoms with Gasteiger partial charge >= 0.3 is 6.09 Å². The summed E-state index contributed by atoms with van der Waals surface area (Å²) in [6, 6.07) is 0.823. The Labute approximate surface area is 128 Å². The largest absolute Gasteiger partial charge is 0.450 e. The van der Waals surface area contributed by atoms with E-state index in [0.29, 0.717) is 18.7 Å². The van der Waals surface area contributed by atoms with Crippen molar-refractivity contribution in [3.8, 4) is 0 Å². The Bertz CT molecular complexity index is 374. The summed E-state index contributed by atoms with van der Waals surface area (Å²) < 4.78 is 11.2. The Morgan fingerprint density at radius 2 is 1.90 bits per heavy atom. The zero-order chi connectivity index (χ0) is 15.7. The Balaban J connectivity index is 1.83. The summed E-state index contributed by atoms with van der Waals surface area (Å²) in [6.45, 7) is 12.5. The maximum Gasteiger partial charge on any atom is 0.409 e. The molecule has 5 nitrogen and oxygen atoms in total. The van der Waals surface area contributed by atoms with Crippen molar-refractivity contribution < 1.29 is 14.3 Å². The van der Waals surface area contributed by atoms with Crippen LogP contribution in [0.25, 0.3) is 0 Å². The molecule has 1 atom stereocenters. The first kappa shape index (κ1) is 16.6. The lowest BCUT2D eigenvalue weighted by atomic mass is 9.92. The summed E-state index contributed by atoms with van der Waals surface area (Å²) in [5.74, 6) is 0. The fourth-order valence-electron chi connectivity index (χ4n) is 3.55. The van der Waals surface area contributed by atoms with E-state index >= 15 is 0 Å². The molecule has 0 spiro atoms. The number of piperidine rings is 1. The van der Waals surface area contributed by atoms with Gasteiger partial charge in [0.05, 0.1) is 17.8 Å². The van der Waals surface area contributed by atoms with E-state index in [9.17, 15) is 4.79 Å². The van der Waals surface area contributed by atoms with Gasteiger partial charge in [-0.1, -0.05) is 0 Å². The second-order valence-electron chi connectivity index (χ2n) is 7.35. The van der Waals surface area contributed by atoms with Crippen molar-refractivity contribution in [2.45, 2.75) is 77.2 Å². The number of nitrogens with one attached hydrogen (secondary N) is 1. The normalized spacial score (nSPS) is 28.6. The third-order valence-corrected chi connectivity index (χ3v) is 4.53. The minimum atomic E-state index is -0.179. The van der Waals surface area contributed by atoms with Gasteiger partial charge in [0.15, 0.2) is 0 Å². The zero-order valence-electron chi connectivity index (χ0n) is 14.1. The highest BCUT2D eigenvalue weighted by atomic mass is 16.6. The molecule has 21 heavy (non-hydrogen) atoms. The summed E-state index contributed by atoms with van der Waals surface area (Å²) in [5.41, 5.74) is -0.200. The topological polar surface area (TPSA) is 50.8 Å². The van der Waals surface area contributed by atoms with Crippen LogP contribution in [0.2, 0.25) is 0 Å². The van der Waals surface area contributed by atoms with E-state index in [-0.39, 0.29) is 17.3 Å². The van der Waals surface area contributed by atoms with Crippen molar-refractivity contribution in [1.29, 1.82) is 0 Å². The van der Waals surface area contributed by atoms with Crippen LogP contribution < -0.4 is 5.32 Å². The maximum atomic E-state index is 11.7. The second-order valence-corrected chi connectivity index (χ2v) is 7.35. The lowest BCUT2D eigenvalue weighted by molar-refractivity contribution is -0.0708. The van der Waals surface area contributed by atoms with Gasteiger partial charge in [-0.2, -0.15) is 0 Å². The molecule has 2 fully saturated rings. The molecule has 0 saturated carbocycles. The molecule has 2 heterocycles. The fraction of sp³-hybridized carbons (Fsp3) is 0.938. The van der Waals surface area contributed by atoms with Crippen LogP contribution in [0.4, 0.5) is 4.79 Å². The molecule has 0 bridgehead atoms. The molecule has 2 rings (SSSR count). The number of carbonyl (C=O) groups is 1. The molecule has 0 aromatic heterocycles. The molecule has 1 unspecified atom stereocenters. The molecule has 0 radical (unpaired) electrons. The van der Waals surface area contributed by atoms with Gasteiger partial charge in [0.2, 0.25) is 0 Å². The van der Waals surface area contributed by atoms with E-state index in [1.807, 2.05) is 11.8 Å². The minimum absolute atomic E-state index is 0.0627. The fourth-order valence-corrected chi connectivity index (χ4v) is 3.55. The predicted octanol–water partition coefficient (Wildman–Crippen LogP) is 2.54. The van der Waals surface area contributed by atoms with Crippen molar-refractivity contribution >= 4 is 6.09 Å². The second kappa shape index (κ2) is 6.13. The first-order valence-corrected chi connectivity index (χ1v) is 8.11. The van der Waals surface area contributed by atoms with Gasteiger partial charge in [-0.05, 0) is 53.9 Å². The van der Waals surface area contributed by atoms with Crippen LogP contribution in [0.1, 0.15) is 53.9 Å². The zero-order valence-corrected chi connectivity index (χ0v) is 14.1. The highest BCUT2D eigenvalue weighted by Crippen LogP contribution is 2.37. The van der Waals surface area contributed by atoms with Gasteiger partial charge < -0.3 is 19.7 Å². The lowest BCUT2D eigenvalue weighted by Crippen LogP contribution is -2.52. The molecule has 1 N–H and O–H groups in total. The van der Waals surface area contributed by atoms with Crippen LogP contribution in [0.5, 0.6) is 0 Å². The van der Waals surface area contributed by atoms with Crippen LogP contribution in [-0.4, -0.2) is 54.0 Å². The average molecular weight is 298 g/mol.